The largest absolute Gasteiger partial charge is 0.454 e. The molecule has 1 atom stereocenters. The van der Waals surface area contributed by atoms with Crippen molar-refractivity contribution in [3.8, 4) is 16.8 Å². The van der Waals surface area contributed by atoms with E-state index in [9.17, 15) is 0 Å². The summed E-state index contributed by atoms with van der Waals surface area (Å²) in [6, 6.07) is 68.0. The average molecular weight is 761 g/mol. The molecule has 4 heteroatoms. The first kappa shape index (κ1) is 33.0. The first-order valence-corrected chi connectivity index (χ1v) is 20.8. The van der Waals surface area contributed by atoms with Crippen LogP contribution < -0.4 is 15.5 Å². The predicted octanol–water partition coefficient (Wildman–Crippen LogP) is 13.8. The van der Waals surface area contributed by atoms with Crippen LogP contribution in [0.5, 0.6) is 0 Å². The van der Waals surface area contributed by atoms with Crippen LogP contribution in [0.4, 0.5) is 17.1 Å². The van der Waals surface area contributed by atoms with E-state index in [2.05, 4.69) is 204 Å². The standard InChI is InChI=1S/C54H36N2OS/c1-2-13-39(14-3-1)56-48-20-7-4-16-42(48)43-30-28-38(33-50(43)56)36-26-24-35(25-27-36)37-12-10-15-40(32-37)55(41-29-31-46-45-18-6-9-23-52(45)58-53(46)34-41)49-21-11-19-47-44-17-5-8-22-51(44)57-54(47)49/h1-27,29-34,38H,28H2. The number of hydrogen-bond donors (Lipinski definition) is 0. The molecule has 0 fully saturated rings. The number of benzene rings is 8. The van der Waals surface area contributed by atoms with Gasteiger partial charge in [0.1, 0.15) is 5.58 Å². The molecule has 0 aliphatic heterocycles. The lowest BCUT2D eigenvalue weighted by Gasteiger charge is -2.26. The fourth-order valence-electron chi connectivity index (χ4n) is 9.19. The average Bonchev–Trinajstić information content (AvgIpc) is 3.96. The van der Waals surface area contributed by atoms with E-state index in [1.54, 1.807) is 0 Å². The fourth-order valence-corrected chi connectivity index (χ4v) is 10.3. The number of para-hydroxylation sites is 4. The van der Waals surface area contributed by atoms with Crippen LogP contribution in [-0.4, -0.2) is 4.57 Å². The summed E-state index contributed by atoms with van der Waals surface area (Å²) < 4.78 is 11.6. The molecule has 1 unspecified atom stereocenters. The zero-order chi connectivity index (χ0) is 38.2. The number of hydrogen-bond acceptors (Lipinski definition) is 3. The van der Waals surface area contributed by atoms with E-state index in [4.69, 9.17) is 4.42 Å². The van der Waals surface area contributed by atoms with Crippen LogP contribution in [0, 0.1) is 0 Å². The van der Waals surface area contributed by atoms with E-state index in [0.717, 1.165) is 45.4 Å². The van der Waals surface area contributed by atoms with Crippen molar-refractivity contribution < 1.29 is 4.42 Å². The van der Waals surface area contributed by atoms with Gasteiger partial charge in [-0.05, 0) is 83.8 Å². The molecule has 0 radical (unpaired) electrons. The summed E-state index contributed by atoms with van der Waals surface area (Å²) >= 11 is 1.84. The van der Waals surface area contributed by atoms with Crippen molar-refractivity contribution in [1.29, 1.82) is 0 Å². The summed E-state index contributed by atoms with van der Waals surface area (Å²) in [6.45, 7) is 0. The second-order valence-corrected chi connectivity index (χ2v) is 16.3. The number of rotatable bonds is 6. The van der Waals surface area contributed by atoms with Crippen LogP contribution >= 0.6 is 11.3 Å². The number of aromatic nitrogens is 1. The van der Waals surface area contributed by atoms with E-state index in [1.165, 1.54) is 64.0 Å². The maximum Gasteiger partial charge on any atom is 0.159 e. The van der Waals surface area contributed by atoms with E-state index in [-0.39, 0.29) is 5.92 Å². The summed E-state index contributed by atoms with van der Waals surface area (Å²) in [5.41, 5.74) is 11.1. The summed E-state index contributed by atoms with van der Waals surface area (Å²) in [5.74, 6) is 0.281. The van der Waals surface area contributed by atoms with Crippen molar-refractivity contribution >= 4 is 93.6 Å². The van der Waals surface area contributed by atoms with Crippen molar-refractivity contribution in [2.45, 2.75) is 12.3 Å². The highest BCUT2D eigenvalue weighted by atomic mass is 32.1. The van der Waals surface area contributed by atoms with Crippen molar-refractivity contribution in [2.75, 3.05) is 4.90 Å². The van der Waals surface area contributed by atoms with Gasteiger partial charge in [0.05, 0.1) is 16.6 Å². The Morgan fingerprint density at radius 2 is 1.26 bits per heavy atom. The van der Waals surface area contributed by atoms with Gasteiger partial charge in [-0.1, -0.05) is 140 Å². The third-order valence-corrected chi connectivity index (χ3v) is 13.1. The Morgan fingerprint density at radius 1 is 0.534 bits per heavy atom. The summed E-state index contributed by atoms with van der Waals surface area (Å²) in [5, 5.41) is 8.73. The maximum absolute atomic E-state index is 6.65. The molecular formula is C54H36N2OS. The molecule has 58 heavy (non-hydrogen) atoms. The van der Waals surface area contributed by atoms with Crippen molar-refractivity contribution in [2.24, 2.45) is 0 Å². The van der Waals surface area contributed by atoms with Crippen LogP contribution in [0.1, 0.15) is 17.9 Å². The van der Waals surface area contributed by atoms with Gasteiger partial charge in [0.2, 0.25) is 0 Å². The second kappa shape index (κ2) is 13.2. The van der Waals surface area contributed by atoms with Crippen LogP contribution in [0.25, 0.3) is 82.0 Å². The summed E-state index contributed by atoms with van der Waals surface area (Å²) in [4.78, 5) is 2.36. The van der Waals surface area contributed by atoms with Gasteiger partial charge in [0.25, 0.3) is 0 Å². The Kier molecular flexibility index (Phi) is 7.54. The second-order valence-electron chi connectivity index (χ2n) is 15.2. The highest BCUT2D eigenvalue weighted by Gasteiger charge is 2.21. The smallest absolute Gasteiger partial charge is 0.159 e. The lowest BCUT2D eigenvalue weighted by atomic mass is 9.90. The Hall–Kier alpha value is -7.14. The van der Waals surface area contributed by atoms with Gasteiger partial charge in [-0.25, -0.2) is 0 Å². The number of furan rings is 1. The van der Waals surface area contributed by atoms with Gasteiger partial charge in [-0.2, -0.15) is 0 Å². The molecule has 12 rings (SSSR count). The number of fused-ring (bicyclic) bond motifs is 9. The highest BCUT2D eigenvalue weighted by Crippen LogP contribution is 2.45. The van der Waals surface area contributed by atoms with Gasteiger partial charge >= 0.3 is 0 Å². The van der Waals surface area contributed by atoms with E-state index in [1.807, 2.05) is 17.4 Å². The topological polar surface area (TPSA) is 21.3 Å². The molecule has 3 nitrogen and oxygen atoms in total. The Labute approximate surface area is 339 Å². The molecule has 0 bridgehead atoms. The van der Waals surface area contributed by atoms with Crippen LogP contribution in [-0.2, 0) is 0 Å². The normalized spacial score (nSPS) is 13.9. The molecular weight excluding hydrogens is 725 g/mol. The first-order chi connectivity index (χ1) is 28.7. The summed E-state index contributed by atoms with van der Waals surface area (Å²) in [6.07, 6.45) is 5.88. The third-order valence-electron chi connectivity index (χ3n) is 11.9. The van der Waals surface area contributed by atoms with Gasteiger partial charge in [0, 0.05) is 64.5 Å². The fraction of sp³-hybridized carbons (Fsp3) is 0.0370. The molecule has 3 aromatic heterocycles. The lowest BCUT2D eigenvalue weighted by Crippen LogP contribution is -2.31. The minimum absolute atomic E-state index is 0.281. The van der Waals surface area contributed by atoms with Crippen molar-refractivity contribution in [3.05, 3.63) is 204 Å². The van der Waals surface area contributed by atoms with E-state index >= 15 is 0 Å². The molecule has 11 aromatic rings. The van der Waals surface area contributed by atoms with Crippen LogP contribution in [0.15, 0.2) is 192 Å². The molecule has 0 N–H and O–H groups in total. The van der Waals surface area contributed by atoms with Crippen molar-refractivity contribution in [3.63, 3.8) is 0 Å². The Morgan fingerprint density at radius 3 is 2.16 bits per heavy atom. The van der Waals surface area contributed by atoms with Gasteiger partial charge in [-0.3, -0.25) is 0 Å². The zero-order valence-electron chi connectivity index (χ0n) is 31.5. The van der Waals surface area contributed by atoms with Gasteiger partial charge in [0.15, 0.2) is 5.58 Å². The summed E-state index contributed by atoms with van der Waals surface area (Å²) in [7, 11) is 0. The molecule has 0 saturated carbocycles. The maximum atomic E-state index is 6.65. The minimum atomic E-state index is 0.281. The lowest BCUT2D eigenvalue weighted by molar-refractivity contribution is 0.669. The first-order valence-electron chi connectivity index (χ1n) is 19.9. The zero-order valence-corrected chi connectivity index (χ0v) is 32.4. The van der Waals surface area contributed by atoms with Crippen LogP contribution in [0.2, 0.25) is 0 Å². The SMILES string of the molecule is C1=c2c(n(-c3ccccc3)c3ccccc23)=CC(c2ccc(-c3cccc(N(c4ccc5c(c4)sc4ccccc45)c4cccc5c4oc4ccccc45)c3)cc2)C1. The predicted molar refractivity (Wildman–Crippen MR) is 246 cm³/mol. The monoisotopic (exact) mass is 760 g/mol. The molecule has 0 saturated heterocycles. The molecule has 1 aliphatic rings. The molecule has 3 heterocycles. The third kappa shape index (κ3) is 5.26. The molecule has 8 aromatic carbocycles. The van der Waals surface area contributed by atoms with Gasteiger partial charge in [-0.15, -0.1) is 11.3 Å². The minimum Gasteiger partial charge on any atom is -0.454 e. The Balaban J connectivity index is 0.954. The molecule has 0 amide bonds. The number of nitrogens with zero attached hydrogens (tertiary/aromatic N) is 2. The molecule has 0 spiro atoms. The van der Waals surface area contributed by atoms with Crippen molar-refractivity contribution in [1.82, 2.24) is 4.57 Å². The Bertz CT molecular complexity index is 3500. The molecule has 274 valence electrons. The quantitative estimate of drug-likeness (QED) is 0.168. The highest BCUT2D eigenvalue weighted by molar-refractivity contribution is 7.25. The number of thiophene rings is 1. The number of anilines is 3. The van der Waals surface area contributed by atoms with E-state index in [0.29, 0.717) is 0 Å². The molecule has 1 aliphatic carbocycles. The van der Waals surface area contributed by atoms with E-state index < -0.39 is 0 Å². The van der Waals surface area contributed by atoms with Crippen LogP contribution in [0.3, 0.4) is 0 Å². The van der Waals surface area contributed by atoms with Gasteiger partial charge < -0.3 is 13.9 Å².